The number of carboxylic acids is 1. The van der Waals surface area contributed by atoms with Crippen LogP contribution in [0.5, 0.6) is 0 Å². The summed E-state index contributed by atoms with van der Waals surface area (Å²) in [5.41, 5.74) is 3.20. The Morgan fingerprint density at radius 3 is 2.39 bits per heavy atom. The number of aromatic nitrogens is 2. The van der Waals surface area contributed by atoms with Crippen LogP contribution < -0.4 is 15.1 Å². The average Bonchev–Trinajstić information content (AvgIpc) is 3.08. The molecule has 0 aliphatic carbocycles. The largest absolute Gasteiger partial charge is 0.478 e. The second-order valence-corrected chi connectivity index (χ2v) is 8.12. The van der Waals surface area contributed by atoms with Gasteiger partial charge in [0.1, 0.15) is 0 Å². The van der Waals surface area contributed by atoms with Crippen molar-refractivity contribution < 1.29 is 14.7 Å². The fourth-order valence-electron chi connectivity index (χ4n) is 3.93. The normalized spacial score (nSPS) is 14.0. The summed E-state index contributed by atoms with van der Waals surface area (Å²) in [5, 5.41) is 12.5. The molecular formula is C25H27N5O3. The molecule has 0 saturated carbocycles. The van der Waals surface area contributed by atoms with E-state index in [1.807, 2.05) is 37.3 Å². The van der Waals surface area contributed by atoms with Gasteiger partial charge in [-0.15, -0.1) is 0 Å². The molecular weight excluding hydrogens is 418 g/mol. The first-order valence-electron chi connectivity index (χ1n) is 11.0. The molecule has 0 bridgehead atoms. The number of aryl methyl sites for hydroxylation is 1. The molecule has 8 nitrogen and oxygen atoms in total. The summed E-state index contributed by atoms with van der Waals surface area (Å²) in [6.07, 6.45) is 4.55. The topological polar surface area (TPSA) is 98.7 Å². The van der Waals surface area contributed by atoms with Crippen LogP contribution in [0.1, 0.15) is 27.9 Å². The number of hydrogen-bond acceptors (Lipinski definition) is 6. The van der Waals surface area contributed by atoms with Gasteiger partial charge in [-0.1, -0.05) is 29.8 Å². The van der Waals surface area contributed by atoms with Crippen LogP contribution in [0.25, 0.3) is 0 Å². The van der Waals surface area contributed by atoms with Crippen LogP contribution in [-0.2, 0) is 11.2 Å². The summed E-state index contributed by atoms with van der Waals surface area (Å²) >= 11 is 0. The number of nitrogens with zero attached hydrogens (tertiary/aromatic N) is 4. The van der Waals surface area contributed by atoms with Gasteiger partial charge in [0.05, 0.1) is 17.7 Å². The van der Waals surface area contributed by atoms with Crippen LogP contribution in [0.2, 0.25) is 0 Å². The molecule has 0 radical (unpaired) electrons. The molecule has 1 aliphatic heterocycles. The Labute approximate surface area is 192 Å². The maximum atomic E-state index is 12.5. The Balaban J connectivity index is 1.45. The fourth-order valence-corrected chi connectivity index (χ4v) is 3.93. The molecule has 33 heavy (non-hydrogen) atoms. The van der Waals surface area contributed by atoms with E-state index in [1.54, 1.807) is 30.6 Å². The van der Waals surface area contributed by atoms with Gasteiger partial charge in [0, 0.05) is 44.3 Å². The number of nitrogens with one attached hydrogen (secondary N) is 1. The number of amides is 1. The van der Waals surface area contributed by atoms with Gasteiger partial charge in [-0.05, 0) is 43.2 Å². The summed E-state index contributed by atoms with van der Waals surface area (Å²) in [4.78, 5) is 37.4. The first-order valence-corrected chi connectivity index (χ1v) is 11.0. The number of carbonyl (C=O) groups is 2. The van der Waals surface area contributed by atoms with Crippen molar-refractivity contribution in [2.75, 3.05) is 41.3 Å². The minimum Gasteiger partial charge on any atom is -0.478 e. The van der Waals surface area contributed by atoms with Crippen molar-refractivity contribution >= 4 is 29.2 Å². The maximum Gasteiger partial charge on any atom is 0.337 e. The van der Waals surface area contributed by atoms with Crippen molar-refractivity contribution in [1.82, 2.24) is 9.97 Å². The second-order valence-electron chi connectivity index (χ2n) is 8.12. The molecule has 1 aromatic heterocycles. The highest BCUT2D eigenvalue weighted by molar-refractivity contribution is 6.01. The molecule has 4 rings (SSSR count). The molecule has 2 heterocycles. The van der Waals surface area contributed by atoms with E-state index in [-0.39, 0.29) is 17.9 Å². The first kappa shape index (κ1) is 22.3. The van der Waals surface area contributed by atoms with Gasteiger partial charge in [0.2, 0.25) is 11.9 Å². The van der Waals surface area contributed by atoms with Gasteiger partial charge < -0.3 is 20.2 Å². The van der Waals surface area contributed by atoms with Crippen LogP contribution in [0, 0.1) is 6.92 Å². The number of anilines is 3. The monoisotopic (exact) mass is 445 g/mol. The molecule has 2 N–H and O–H groups in total. The Morgan fingerprint density at radius 1 is 0.970 bits per heavy atom. The lowest BCUT2D eigenvalue weighted by Crippen LogP contribution is -2.31. The lowest BCUT2D eigenvalue weighted by atomic mass is 10.1. The highest BCUT2D eigenvalue weighted by atomic mass is 16.4. The maximum absolute atomic E-state index is 12.5. The van der Waals surface area contributed by atoms with Crippen molar-refractivity contribution in [3.8, 4) is 0 Å². The van der Waals surface area contributed by atoms with Crippen LogP contribution in [0.3, 0.4) is 0 Å². The summed E-state index contributed by atoms with van der Waals surface area (Å²) in [5.74, 6) is -0.615. The van der Waals surface area contributed by atoms with E-state index >= 15 is 0 Å². The van der Waals surface area contributed by atoms with Crippen molar-refractivity contribution in [2.45, 2.75) is 19.8 Å². The number of rotatable bonds is 6. The van der Waals surface area contributed by atoms with Gasteiger partial charge in [0.25, 0.3) is 0 Å². The highest BCUT2D eigenvalue weighted by Crippen LogP contribution is 2.25. The molecule has 170 valence electrons. The van der Waals surface area contributed by atoms with E-state index in [4.69, 9.17) is 0 Å². The van der Waals surface area contributed by atoms with Crippen molar-refractivity contribution in [3.05, 3.63) is 77.6 Å². The number of hydrogen-bond donors (Lipinski definition) is 2. The van der Waals surface area contributed by atoms with E-state index in [0.717, 1.165) is 49.4 Å². The lowest BCUT2D eigenvalue weighted by Gasteiger charge is -2.24. The summed E-state index contributed by atoms with van der Waals surface area (Å²) < 4.78 is 0. The Hall–Kier alpha value is -3.94. The van der Waals surface area contributed by atoms with Gasteiger partial charge in [-0.3, -0.25) is 4.79 Å². The third-order valence-corrected chi connectivity index (χ3v) is 5.69. The Bertz CT molecular complexity index is 1120. The molecule has 3 aromatic rings. The highest BCUT2D eigenvalue weighted by Gasteiger charge is 2.20. The SMILES string of the molecule is Cc1ccc(CC(=O)Nc2ccc(N3CCCN(c4ncccn4)CC3)cc2C(=O)O)cc1. The molecule has 1 fully saturated rings. The third kappa shape index (κ3) is 5.65. The van der Waals surface area contributed by atoms with Crippen LogP contribution in [0.4, 0.5) is 17.3 Å². The van der Waals surface area contributed by atoms with E-state index in [2.05, 4.69) is 25.1 Å². The fraction of sp³-hybridized carbons (Fsp3) is 0.280. The summed E-state index contributed by atoms with van der Waals surface area (Å²) in [6.45, 7) is 5.07. The first-order chi connectivity index (χ1) is 16.0. The third-order valence-electron chi connectivity index (χ3n) is 5.69. The second kappa shape index (κ2) is 10.1. The average molecular weight is 446 g/mol. The van der Waals surface area contributed by atoms with E-state index < -0.39 is 5.97 Å². The van der Waals surface area contributed by atoms with E-state index in [1.165, 1.54) is 0 Å². The van der Waals surface area contributed by atoms with Gasteiger partial charge in [0.15, 0.2) is 0 Å². The van der Waals surface area contributed by atoms with Gasteiger partial charge >= 0.3 is 5.97 Å². The van der Waals surface area contributed by atoms with Crippen LogP contribution in [-0.4, -0.2) is 53.1 Å². The minimum absolute atomic E-state index is 0.0808. The molecule has 2 aromatic carbocycles. The molecule has 8 heteroatoms. The molecule has 0 unspecified atom stereocenters. The number of benzene rings is 2. The summed E-state index contributed by atoms with van der Waals surface area (Å²) in [7, 11) is 0. The van der Waals surface area contributed by atoms with Crippen molar-refractivity contribution in [1.29, 1.82) is 0 Å². The minimum atomic E-state index is -1.07. The quantitative estimate of drug-likeness (QED) is 0.600. The van der Waals surface area contributed by atoms with Gasteiger partial charge in [-0.25, -0.2) is 14.8 Å². The van der Waals surface area contributed by atoms with Crippen molar-refractivity contribution in [2.24, 2.45) is 0 Å². The van der Waals surface area contributed by atoms with Crippen molar-refractivity contribution in [3.63, 3.8) is 0 Å². The molecule has 0 spiro atoms. The van der Waals surface area contributed by atoms with Gasteiger partial charge in [-0.2, -0.15) is 0 Å². The number of carbonyl (C=O) groups excluding carboxylic acids is 1. The zero-order valence-electron chi connectivity index (χ0n) is 18.6. The standard InChI is InChI=1S/C25H27N5O3/c1-18-4-6-19(7-5-18)16-23(31)28-22-9-8-20(17-21(22)24(32)33)29-12-3-13-30(15-14-29)25-26-10-2-11-27-25/h2,4-11,17H,3,12-16H2,1H3,(H,28,31)(H,32,33). The summed E-state index contributed by atoms with van der Waals surface area (Å²) in [6, 6.07) is 14.7. The Kier molecular flexibility index (Phi) is 6.83. The predicted octanol–water partition coefficient (Wildman–Crippen LogP) is 3.38. The van der Waals surface area contributed by atoms with Crippen LogP contribution >= 0.6 is 0 Å². The lowest BCUT2D eigenvalue weighted by molar-refractivity contribution is -0.115. The zero-order chi connectivity index (χ0) is 23.2. The molecule has 0 atom stereocenters. The Morgan fingerprint density at radius 2 is 1.67 bits per heavy atom. The predicted molar refractivity (Wildman–Crippen MR) is 128 cm³/mol. The number of carboxylic acid groups (broad SMARTS) is 1. The zero-order valence-corrected chi connectivity index (χ0v) is 18.6. The molecule has 1 aliphatic rings. The molecule has 1 amide bonds. The molecule has 1 saturated heterocycles. The van der Waals surface area contributed by atoms with E-state index in [9.17, 15) is 14.7 Å². The smallest absolute Gasteiger partial charge is 0.337 e. The number of aromatic carboxylic acids is 1. The van der Waals surface area contributed by atoms with E-state index in [0.29, 0.717) is 11.6 Å². The van der Waals surface area contributed by atoms with Crippen LogP contribution in [0.15, 0.2) is 60.9 Å².